The van der Waals surface area contributed by atoms with Crippen LogP contribution in [0.15, 0.2) is 18.2 Å². The molecule has 0 amide bonds. The number of hydrogen-bond donors (Lipinski definition) is 4. The minimum atomic E-state index is -0.0258. The van der Waals surface area contributed by atoms with Crippen molar-refractivity contribution in [2.24, 2.45) is 5.73 Å². The lowest BCUT2D eigenvalue weighted by molar-refractivity contribution is 0.414. The Labute approximate surface area is 164 Å². The maximum atomic E-state index is 6.17. The summed E-state index contributed by atoms with van der Waals surface area (Å²) in [7, 11) is 1.63. The van der Waals surface area contributed by atoms with Crippen molar-refractivity contribution in [3.05, 3.63) is 29.6 Å². The van der Waals surface area contributed by atoms with Crippen LogP contribution in [0.2, 0.25) is 0 Å². The molecule has 1 aromatic carbocycles. The van der Waals surface area contributed by atoms with E-state index in [1.54, 1.807) is 7.11 Å². The van der Waals surface area contributed by atoms with Crippen molar-refractivity contribution in [1.29, 1.82) is 0 Å². The molecular formula is C19H28N8O. The summed E-state index contributed by atoms with van der Waals surface area (Å²) in [6.45, 7) is 6.61. The molecule has 0 aliphatic rings. The van der Waals surface area contributed by atoms with Crippen LogP contribution < -0.4 is 27.3 Å². The van der Waals surface area contributed by atoms with Gasteiger partial charge in [-0.2, -0.15) is 9.97 Å². The third kappa shape index (κ3) is 3.94. The van der Waals surface area contributed by atoms with Crippen LogP contribution in [0.5, 0.6) is 5.75 Å². The Morgan fingerprint density at radius 3 is 2.54 bits per heavy atom. The molecule has 0 aliphatic carbocycles. The van der Waals surface area contributed by atoms with Crippen molar-refractivity contribution in [2.75, 3.05) is 30.4 Å². The first-order chi connectivity index (χ1) is 13.3. The number of aromatic nitrogens is 4. The summed E-state index contributed by atoms with van der Waals surface area (Å²) in [5.41, 5.74) is 21.0. The molecule has 0 saturated carbocycles. The van der Waals surface area contributed by atoms with Gasteiger partial charge >= 0.3 is 0 Å². The van der Waals surface area contributed by atoms with Crippen molar-refractivity contribution in [2.45, 2.75) is 39.3 Å². The lowest BCUT2D eigenvalue weighted by Crippen LogP contribution is -2.26. The highest BCUT2D eigenvalue weighted by Gasteiger charge is 2.19. The fourth-order valence-electron chi connectivity index (χ4n) is 3.07. The zero-order valence-corrected chi connectivity index (χ0v) is 16.7. The zero-order valence-electron chi connectivity index (χ0n) is 16.7. The molecule has 150 valence electrons. The van der Waals surface area contributed by atoms with Crippen molar-refractivity contribution < 1.29 is 4.74 Å². The highest BCUT2D eigenvalue weighted by atomic mass is 16.5. The van der Waals surface area contributed by atoms with Gasteiger partial charge in [0.25, 0.3) is 0 Å². The molecule has 0 saturated heterocycles. The number of imidazole rings is 1. The van der Waals surface area contributed by atoms with Gasteiger partial charge in [0, 0.05) is 30.7 Å². The summed E-state index contributed by atoms with van der Waals surface area (Å²) in [4.78, 5) is 13.7. The number of benzene rings is 1. The summed E-state index contributed by atoms with van der Waals surface area (Å²) in [6, 6.07) is 5.69. The second kappa shape index (κ2) is 7.89. The van der Waals surface area contributed by atoms with Crippen molar-refractivity contribution in [1.82, 2.24) is 19.5 Å². The Bertz CT molecular complexity index is 980. The smallest absolute Gasteiger partial charge is 0.226 e. The second-order valence-corrected chi connectivity index (χ2v) is 7.20. The Balaban J connectivity index is 2.08. The third-order valence-electron chi connectivity index (χ3n) is 4.44. The summed E-state index contributed by atoms with van der Waals surface area (Å²) in [5.74, 6) is 2.33. The van der Waals surface area contributed by atoms with Crippen LogP contribution in [-0.4, -0.2) is 39.2 Å². The van der Waals surface area contributed by atoms with Gasteiger partial charge in [-0.3, -0.25) is 0 Å². The van der Waals surface area contributed by atoms with Gasteiger partial charge in [-0.15, -0.1) is 0 Å². The van der Waals surface area contributed by atoms with Crippen LogP contribution in [0, 0.1) is 0 Å². The van der Waals surface area contributed by atoms with Gasteiger partial charge in [0.2, 0.25) is 5.95 Å². The number of hydrogen-bond acceptors (Lipinski definition) is 8. The first-order valence-corrected chi connectivity index (χ1v) is 9.26. The number of anilines is 3. The normalized spacial score (nSPS) is 12.5. The first kappa shape index (κ1) is 19.7. The Morgan fingerprint density at radius 2 is 1.89 bits per heavy atom. The van der Waals surface area contributed by atoms with E-state index in [4.69, 9.17) is 26.9 Å². The standard InChI is InChI=1S/C19H28N8O/c1-10(2)27-15(8-12-7-13(28-4)5-6-14(12)21)24-16-17(22)25-19(26-18(16)27)23-9-11(3)20/h5-7,10-11H,8-9,20-21H2,1-4H3,(H3,22,23,25,26). The van der Waals surface area contributed by atoms with Crippen LogP contribution in [-0.2, 0) is 6.42 Å². The molecule has 2 aromatic heterocycles. The van der Waals surface area contributed by atoms with Gasteiger partial charge in [0.15, 0.2) is 17.0 Å². The van der Waals surface area contributed by atoms with Crippen LogP contribution in [0.1, 0.15) is 38.2 Å². The number of nitrogen functional groups attached to an aromatic ring is 2. The van der Waals surface area contributed by atoms with Gasteiger partial charge in [0.1, 0.15) is 11.6 Å². The molecule has 0 radical (unpaired) electrons. The van der Waals surface area contributed by atoms with E-state index in [2.05, 4.69) is 33.7 Å². The molecule has 1 atom stereocenters. The molecule has 3 aromatic rings. The average molecular weight is 384 g/mol. The van der Waals surface area contributed by atoms with E-state index >= 15 is 0 Å². The predicted octanol–water partition coefficient (Wildman–Crippen LogP) is 1.93. The molecule has 28 heavy (non-hydrogen) atoms. The summed E-state index contributed by atoms with van der Waals surface area (Å²) in [5, 5.41) is 3.12. The molecule has 0 spiro atoms. The number of ether oxygens (including phenoxy) is 1. The summed E-state index contributed by atoms with van der Waals surface area (Å²) < 4.78 is 7.38. The molecule has 0 fully saturated rings. The van der Waals surface area contributed by atoms with E-state index in [1.165, 1.54) is 0 Å². The summed E-state index contributed by atoms with van der Waals surface area (Å²) in [6.07, 6.45) is 0.527. The zero-order chi connectivity index (χ0) is 20.4. The van der Waals surface area contributed by atoms with Gasteiger partial charge in [-0.1, -0.05) is 0 Å². The molecule has 2 heterocycles. The molecule has 0 aliphatic heterocycles. The molecule has 9 nitrogen and oxygen atoms in total. The monoisotopic (exact) mass is 384 g/mol. The Hall–Kier alpha value is -3.07. The second-order valence-electron chi connectivity index (χ2n) is 7.20. The highest BCUT2D eigenvalue weighted by molar-refractivity contribution is 5.83. The van der Waals surface area contributed by atoms with E-state index in [9.17, 15) is 0 Å². The maximum absolute atomic E-state index is 6.17. The fraction of sp³-hybridized carbons (Fsp3) is 0.421. The van der Waals surface area contributed by atoms with Gasteiger partial charge in [-0.05, 0) is 44.5 Å². The van der Waals surface area contributed by atoms with Gasteiger partial charge in [-0.25, -0.2) is 4.98 Å². The van der Waals surface area contributed by atoms with E-state index in [0.717, 1.165) is 17.1 Å². The van der Waals surface area contributed by atoms with Crippen LogP contribution in [0.25, 0.3) is 11.2 Å². The van der Waals surface area contributed by atoms with Gasteiger partial charge < -0.3 is 31.8 Å². The number of nitrogens with two attached hydrogens (primary N) is 3. The largest absolute Gasteiger partial charge is 0.497 e. The number of rotatable bonds is 7. The number of fused-ring (bicyclic) bond motifs is 1. The average Bonchev–Trinajstić information content (AvgIpc) is 3.00. The lowest BCUT2D eigenvalue weighted by atomic mass is 10.1. The SMILES string of the molecule is COc1ccc(N)c(Cc2nc3c(N)nc(NCC(C)N)nc3n2C(C)C)c1. The number of methoxy groups -OCH3 is 1. The summed E-state index contributed by atoms with van der Waals surface area (Å²) >= 11 is 0. The first-order valence-electron chi connectivity index (χ1n) is 9.26. The molecule has 9 heteroatoms. The minimum Gasteiger partial charge on any atom is -0.497 e. The minimum absolute atomic E-state index is 0.0258. The lowest BCUT2D eigenvalue weighted by Gasteiger charge is -2.14. The van der Waals surface area contributed by atoms with E-state index in [0.29, 0.717) is 41.6 Å². The topological polar surface area (TPSA) is 143 Å². The fourth-order valence-corrected chi connectivity index (χ4v) is 3.07. The van der Waals surface area contributed by atoms with Crippen LogP contribution >= 0.6 is 0 Å². The number of nitrogens with zero attached hydrogens (tertiary/aromatic N) is 4. The van der Waals surface area contributed by atoms with E-state index in [-0.39, 0.29) is 12.1 Å². The molecular weight excluding hydrogens is 356 g/mol. The van der Waals surface area contributed by atoms with Crippen molar-refractivity contribution >= 4 is 28.6 Å². The van der Waals surface area contributed by atoms with Crippen molar-refractivity contribution in [3.8, 4) is 5.75 Å². The Kier molecular flexibility index (Phi) is 5.55. The number of nitrogens with one attached hydrogen (secondary N) is 1. The van der Waals surface area contributed by atoms with E-state index in [1.807, 2.05) is 25.1 Å². The predicted molar refractivity (Wildman–Crippen MR) is 112 cm³/mol. The highest BCUT2D eigenvalue weighted by Crippen LogP contribution is 2.28. The van der Waals surface area contributed by atoms with Crippen LogP contribution in [0.4, 0.5) is 17.5 Å². The molecule has 1 unspecified atom stereocenters. The van der Waals surface area contributed by atoms with Crippen molar-refractivity contribution in [3.63, 3.8) is 0 Å². The third-order valence-corrected chi connectivity index (χ3v) is 4.44. The van der Waals surface area contributed by atoms with Crippen LogP contribution in [0.3, 0.4) is 0 Å². The van der Waals surface area contributed by atoms with E-state index < -0.39 is 0 Å². The molecule has 7 N–H and O–H groups in total. The van der Waals surface area contributed by atoms with Gasteiger partial charge in [0.05, 0.1) is 7.11 Å². The maximum Gasteiger partial charge on any atom is 0.226 e. The Morgan fingerprint density at radius 1 is 1.14 bits per heavy atom. The molecule has 3 rings (SSSR count). The molecule has 0 bridgehead atoms. The quantitative estimate of drug-likeness (QED) is 0.452.